The quantitative estimate of drug-likeness (QED) is 0.646. The van der Waals surface area contributed by atoms with Crippen LogP contribution in [0.2, 0.25) is 4.34 Å². The molecule has 1 aromatic carbocycles. The summed E-state index contributed by atoms with van der Waals surface area (Å²) in [4.78, 5) is 42.0. The highest BCUT2D eigenvalue weighted by atomic mass is 35.5. The molecule has 1 aromatic heterocycles. The Morgan fingerprint density at radius 2 is 1.85 bits per heavy atom. The van der Waals surface area contributed by atoms with Gasteiger partial charge in [0.15, 0.2) is 5.54 Å². The molecule has 2 aromatic rings. The number of thiophene rings is 1. The lowest BCUT2D eigenvalue weighted by molar-refractivity contribution is -0.123. The molecule has 0 bridgehead atoms. The van der Waals surface area contributed by atoms with Crippen LogP contribution >= 0.6 is 22.9 Å². The van der Waals surface area contributed by atoms with Gasteiger partial charge in [-0.1, -0.05) is 17.7 Å². The predicted molar refractivity (Wildman–Crippen MR) is 130 cm³/mol. The largest absolute Gasteiger partial charge is 0.446 e. The summed E-state index contributed by atoms with van der Waals surface area (Å²) in [6.07, 6.45) is 1.23. The molecule has 10 heteroatoms. The number of nitrogens with one attached hydrogen (secondary N) is 2. The average Bonchev–Trinajstić information content (AvgIpc) is 3.12. The van der Waals surface area contributed by atoms with Gasteiger partial charge in [0.1, 0.15) is 6.61 Å². The maximum atomic E-state index is 13.3. The molecule has 0 radical (unpaired) electrons. The molecule has 33 heavy (non-hydrogen) atoms. The average molecular weight is 493 g/mol. The van der Waals surface area contributed by atoms with Crippen LogP contribution in [0.15, 0.2) is 30.3 Å². The molecule has 8 nitrogen and oxygen atoms in total. The number of anilines is 1. The first kappa shape index (κ1) is 25.0. The maximum absolute atomic E-state index is 13.3. The summed E-state index contributed by atoms with van der Waals surface area (Å²) < 4.78 is 5.73. The number of halogens is 1. The Labute approximate surface area is 202 Å². The molecule has 1 atom stereocenters. The molecular weight excluding hydrogens is 464 g/mol. The standard InChI is InChI=1S/C23H29ClN4O4S/c1-23(14-32-22(31)27(2)3,26-20(29)18-7-8-19(24)33-18)21(30)25-17-6-5-15-9-11-28(4)12-10-16(15)13-17/h5-8,13H,9-12,14H2,1-4H3,(H,25,30)(H,26,29)/t23-/m1/s1. The van der Waals surface area contributed by atoms with Gasteiger partial charge in [0.2, 0.25) is 0 Å². The molecule has 3 rings (SSSR count). The van der Waals surface area contributed by atoms with Crippen molar-refractivity contribution in [2.24, 2.45) is 0 Å². The minimum Gasteiger partial charge on any atom is -0.446 e. The van der Waals surface area contributed by atoms with Gasteiger partial charge in [0, 0.05) is 32.9 Å². The number of ether oxygens (including phenoxy) is 1. The van der Waals surface area contributed by atoms with E-state index in [-0.39, 0.29) is 6.61 Å². The van der Waals surface area contributed by atoms with Crippen LogP contribution in [-0.2, 0) is 22.4 Å². The van der Waals surface area contributed by atoms with Crippen molar-refractivity contribution in [2.45, 2.75) is 25.3 Å². The van der Waals surface area contributed by atoms with Crippen molar-refractivity contribution in [3.05, 3.63) is 50.7 Å². The van der Waals surface area contributed by atoms with E-state index in [9.17, 15) is 14.4 Å². The van der Waals surface area contributed by atoms with Crippen LogP contribution < -0.4 is 10.6 Å². The summed E-state index contributed by atoms with van der Waals surface area (Å²) in [6.45, 7) is 3.13. The summed E-state index contributed by atoms with van der Waals surface area (Å²) >= 11 is 7.04. The van der Waals surface area contributed by atoms with E-state index >= 15 is 0 Å². The van der Waals surface area contributed by atoms with E-state index in [1.807, 2.05) is 18.2 Å². The van der Waals surface area contributed by atoms with Crippen LogP contribution in [0.5, 0.6) is 0 Å². The Morgan fingerprint density at radius 3 is 2.48 bits per heavy atom. The summed E-state index contributed by atoms with van der Waals surface area (Å²) in [7, 11) is 5.18. The first-order chi connectivity index (χ1) is 15.6. The fraction of sp³-hybridized carbons (Fsp3) is 0.435. The van der Waals surface area contributed by atoms with Gasteiger partial charge in [0.25, 0.3) is 11.8 Å². The number of hydrogen-bond donors (Lipinski definition) is 2. The molecule has 0 unspecified atom stereocenters. The highest BCUT2D eigenvalue weighted by molar-refractivity contribution is 7.18. The third-order valence-electron chi connectivity index (χ3n) is 5.53. The van der Waals surface area contributed by atoms with Crippen LogP contribution in [0.1, 0.15) is 27.7 Å². The second-order valence-electron chi connectivity index (χ2n) is 8.58. The van der Waals surface area contributed by atoms with Gasteiger partial charge in [-0.3, -0.25) is 9.59 Å². The van der Waals surface area contributed by atoms with Crippen LogP contribution in [0, 0.1) is 0 Å². The zero-order valence-electron chi connectivity index (χ0n) is 19.2. The monoisotopic (exact) mass is 492 g/mol. The first-order valence-corrected chi connectivity index (χ1v) is 11.8. The predicted octanol–water partition coefficient (Wildman–Crippen LogP) is 3.26. The number of carbonyl (C=O) groups excluding carboxylic acids is 3. The Balaban J connectivity index is 1.79. The minimum absolute atomic E-state index is 0.337. The second-order valence-corrected chi connectivity index (χ2v) is 10.3. The lowest BCUT2D eigenvalue weighted by atomic mass is 10.00. The lowest BCUT2D eigenvalue weighted by Gasteiger charge is -2.29. The molecule has 3 amide bonds. The van der Waals surface area contributed by atoms with Crippen molar-refractivity contribution < 1.29 is 19.1 Å². The normalized spacial score (nSPS) is 15.5. The van der Waals surface area contributed by atoms with Gasteiger partial charge in [-0.2, -0.15) is 0 Å². The molecule has 0 saturated carbocycles. The topological polar surface area (TPSA) is 91.0 Å². The second kappa shape index (κ2) is 10.5. The molecule has 2 N–H and O–H groups in total. The molecule has 178 valence electrons. The molecule has 0 aliphatic carbocycles. The summed E-state index contributed by atoms with van der Waals surface area (Å²) in [5.74, 6) is -0.967. The van der Waals surface area contributed by atoms with E-state index in [1.165, 1.54) is 23.0 Å². The first-order valence-electron chi connectivity index (χ1n) is 10.6. The number of rotatable bonds is 6. The SMILES string of the molecule is CN1CCc2ccc(NC(=O)[C@@](C)(COC(=O)N(C)C)NC(=O)c3ccc(Cl)s3)cc2CC1. The number of benzene rings is 1. The number of fused-ring (bicyclic) bond motifs is 1. The van der Waals surface area contributed by atoms with E-state index in [0.717, 1.165) is 37.3 Å². The Kier molecular flexibility index (Phi) is 7.99. The number of nitrogens with zero attached hydrogens (tertiary/aromatic N) is 2. The van der Waals surface area contributed by atoms with Gasteiger partial charge in [-0.15, -0.1) is 11.3 Å². The molecule has 0 fully saturated rings. The third-order valence-corrected chi connectivity index (χ3v) is 6.76. The van der Waals surface area contributed by atoms with Crippen molar-refractivity contribution in [2.75, 3.05) is 46.2 Å². The molecule has 1 aliphatic rings. The third kappa shape index (κ3) is 6.46. The fourth-order valence-electron chi connectivity index (χ4n) is 3.43. The van der Waals surface area contributed by atoms with E-state index in [2.05, 4.69) is 22.6 Å². The summed E-state index contributed by atoms with van der Waals surface area (Å²) in [5.41, 5.74) is 1.58. The molecular formula is C23H29ClN4O4S. The van der Waals surface area contributed by atoms with Crippen molar-refractivity contribution in [3.8, 4) is 0 Å². The Morgan fingerprint density at radius 1 is 1.15 bits per heavy atom. The van der Waals surface area contributed by atoms with Crippen molar-refractivity contribution in [1.29, 1.82) is 0 Å². The molecule has 2 heterocycles. The highest BCUT2D eigenvalue weighted by Gasteiger charge is 2.37. The Bertz CT molecular complexity index is 1040. The Hall–Kier alpha value is -2.62. The van der Waals surface area contributed by atoms with E-state index in [4.69, 9.17) is 16.3 Å². The fourth-order valence-corrected chi connectivity index (χ4v) is 4.36. The number of hydrogen-bond acceptors (Lipinski definition) is 6. The van der Waals surface area contributed by atoms with Crippen molar-refractivity contribution >= 4 is 46.5 Å². The highest BCUT2D eigenvalue weighted by Crippen LogP contribution is 2.24. The lowest BCUT2D eigenvalue weighted by Crippen LogP contribution is -2.58. The molecule has 1 aliphatic heterocycles. The molecule has 0 spiro atoms. The van der Waals surface area contributed by atoms with Gasteiger partial charge >= 0.3 is 6.09 Å². The summed E-state index contributed by atoms with van der Waals surface area (Å²) in [6, 6.07) is 9.04. The minimum atomic E-state index is -1.51. The summed E-state index contributed by atoms with van der Waals surface area (Å²) in [5, 5.41) is 5.60. The van der Waals surface area contributed by atoms with Gasteiger partial charge < -0.3 is 25.2 Å². The van der Waals surface area contributed by atoms with E-state index < -0.39 is 23.4 Å². The van der Waals surface area contributed by atoms with E-state index in [1.54, 1.807) is 26.2 Å². The maximum Gasteiger partial charge on any atom is 0.409 e. The molecule has 0 saturated heterocycles. The smallest absolute Gasteiger partial charge is 0.409 e. The van der Waals surface area contributed by atoms with Crippen LogP contribution in [0.4, 0.5) is 10.5 Å². The van der Waals surface area contributed by atoms with Crippen LogP contribution in [0.25, 0.3) is 0 Å². The number of carbonyl (C=O) groups is 3. The van der Waals surface area contributed by atoms with Gasteiger partial charge in [-0.25, -0.2) is 4.79 Å². The van der Waals surface area contributed by atoms with Gasteiger partial charge in [-0.05, 0) is 62.2 Å². The van der Waals surface area contributed by atoms with Crippen LogP contribution in [0.3, 0.4) is 0 Å². The number of likely N-dealkylation sites (N-methyl/N-ethyl adjacent to an activating group) is 1. The number of amides is 3. The van der Waals surface area contributed by atoms with E-state index in [0.29, 0.717) is 14.9 Å². The van der Waals surface area contributed by atoms with Crippen LogP contribution in [-0.4, -0.2) is 74.1 Å². The van der Waals surface area contributed by atoms with Crippen molar-refractivity contribution in [3.63, 3.8) is 0 Å². The zero-order chi connectivity index (χ0) is 24.2. The van der Waals surface area contributed by atoms with Crippen molar-refractivity contribution in [1.82, 2.24) is 15.1 Å². The zero-order valence-corrected chi connectivity index (χ0v) is 20.8. The van der Waals surface area contributed by atoms with Gasteiger partial charge in [0.05, 0.1) is 9.21 Å².